The number of rotatable bonds is 3. The predicted octanol–water partition coefficient (Wildman–Crippen LogP) is 2.10. The lowest BCUT2D eigenvalue weighted by Gasteiger charge is -2.22. The number of aromatic nitrogens is 3. The van der Waals surface area contributed by atoms with Crippen molar-refractivity contribution in [2.24, 2.45) is 0 Å². The molecule has 0 aliphatic carbocycles. The van der Waals surface area contributed by atoms with Crippen molar-refractivity contribution in [3.63, 3.8) is 0 Å². The van der Waals surface area contributed by atoms with E-state index in [1.807, 2.05) is 13.8 Å². The number of H-pyrrole nitrogens is 2. The van der Waals surface area contributed by atoms with Crippen LogP contribution in [0.4, 0.5) is 4.39 Å². The Morgan fingerprint density at radius 3 is 2.82 bits per heavy atom. The lowest BCUT2D eigenvalue weighted by atomic mass is 10.2. The maximum atomic E-state index is 13.1. The third kappa shape index (κ3) is 2.52. The Balaban J connectivity index is 1.91. The standard InChI is InChI=1S/C15H19FN4O2/c1-8-9(2)19-14(18-8)13-5-11(22-3)7-20(13)15(21)12-4-10(16)6-17-12/h4,6,11,13,17H,5,7H2,1-3H3,(H,18,19)/t11-,13+/m1/s1. The van der Waals surface area contributed by atoms with Crippen LogP contribution in [0.5, 0.6) is 0 Å². The molecule has 6 nitrogen and oxygen atoms in total. The smallest absolute Gasteiger partial charge is 0.271 e. The quantitative estimate of drug-likeness (QED) is 0.912. The van der Waals surface area contributed by atoms with Gasteiger partial charge >= 0.3 is 0 Å². The highest BCUT2D eigenvalue weighted by Gasteiger charge is 2.38. The highest BCUT2D eigenvalue weighted by atomic mass is 19.1. The lowest BCUT2D eigenvalue weighted by Crippen LogP contribution is -2.32. The van der Waals surface area contributed by atoms with Gasteiger partial charge in [-0.05, 0) is 13.8 Å². The van der Waals surface area contributed by atoms with Crippen LogP contribution in [0, 0.1) is 19.7 Å². The Hall–Kier alpha value is -2.15. The maximum absolute atomic E-state index is 13.1. The van der Waals surface area contributed by atoms with E-state index in [2.05, 4.69) is 15.0 Å². The van der Waals surface area contributed by atoms with Gasteiger partial charge in [0.1, 0.15) is 17.3 Å². The van der Waals surface area contributed by atoms with Crippen molar-refractivity contribution in [3.05, 3.63) is 41.0 Å². The van der Waals surface area contributed by atoms with Crippen LogP contribution in [-0.4, -0.2) is 45.5 Å². The number of likely N-dealkylation sites (tertiary alicyclic amines) is 1. The van der Waals surface area contributed by atoms with E-state index < -0.39 is 5.82 Å². The maximum Gasteiger partial charge on any atom is 0.271 e. The van der Waals surface area contributed by atoms with Crippen molar-refractivity contribution < 1.29 is 13.9 Å². The molecule has 1 aliphatic heterocycles. The SMILES string of the molecule is CO[C@@H]1C[C@@H](c2nc(C)c(C)[nH]2)N(C(=O)c2cc(F)c[nH]2)C1. The molecule has 22 heavy (non-hydrogen) atoms. The normalized spacial score (nSPS) is 21.5. The molecule has 2 aromatic rings. The molecule has 3 rings (SSSR count). The van der Waals surface area contributed by atoms with Gasteiger partial charge in [0.25, 0.3) is 5.91 Å². The minimum atomic E-state index is -0.452. The third-order valence-corrected chi connectivity index (χ3v) is 4.20. The number of methoxy groups -OCH3 is 1. The molecule has 0 bridgehead atoms. The number of ether oxygens (including phenoxy) is 1. The Morgan fingerprint density at radius 2 is 2.27 bits per heavy atom. The number of carbonyl (C=O) groups is 1. The first kappa shape index (κ1) is 14.8. The van der Waals surface area contributed by atoms with E-state index in [-0.39, 0.29) is 23.7 Å². The van der Waals surface area contributed by atoms with Crippen LogP contribution in [0.3, 0.4) is 0 Å². The number of aryl methyl sites for hydroxylation is 2. The summed E-state index contributed by atoms with van der Waals surface area (Å²) in [5.74, 6) is 0.0437. The van der Waals surface area contributed by atoms with Gasteiger partial charge in [0.05, 0.1) is 17.8 Å². The number of carbonyl (C=O) groups excluding carboxylic acids is 1. The molecule has 1 aliphatic rings. The van der Waals surface area contributed by atoms with Gasteiger partial charge < -0.3 is 19.6 Å². The number of nitrogens with zero attached hydrogens (tertiary/aromatic N) is 2. The van der Waals surface area contributed by atoms with Crippen LogP contribution in [0.1, 0.15) is 40.2 Å². The molecule has 7 heteroatoms. The van der Waals surface area contributed by atoms with Gasteiger partial charge in [-0.1, -0.05) is 0 Å². The second-order valence-electron chi connectivity index (χ2n) is 5.63. The Labute approximate surface area is 127 Å². The van der Waals surface area contributed by atoms with E-state index in [1.165, 1.54) is 12.3 Å². The molecule has 118 valence electrons. The zero-order chi connectivity index (χ0) is 15.9. The molecule has 0 spiro atoms. The number of nitrogens with one attached hydrogen (secondary N) is 2. The summed E-state index contributed by atoms with van der Waals surface area (Å²) in [5, 5.41) is 0. The third-order valence-electron chi connectivity index (χ3n) is 4.20. The summed E-state index contributed by atoms with van der Waals surface area (Å²) in [5.41, 5.74) is 2.13. The van der Waals surface area contributed by atoms with E-state index in [0.717, 1.165) is 17.2 Å². The first-order chi connectivity index (χ1) is 10.5. The van der Waals surface area contributed by atoms with Crippen molar-refractivity contribution >= 4 is 5.91 Å². The van der Waals surface area contributed by atoms with Gasteiger partial charge in [0.2, 0.25) is 0 Å². The molecule has 1 fully saturated rings. The number of amides is 1. The summed E-state index contributed by atoms with van der Waals surface area (Å²) in [4.78, 5) is 24.7. The van der Waals surface area contributed by atoms with Crippen molar-refractivity contribution in [1.82, 2.24) is 19.9 Å². The second kappa shape index (κ2) is 5.57. The fourth-order valence-electron chi connectivity index (χ4n) is 2.83. The summed E-state index contributed by atoms with van der Waals surface area (Å²) in [6.45, 7) is 4.32. The first-order valence-electron chi connectivity index (χ1n) is 7.20. The Bertz CT molecular complexity index is 674. The van der Waals surface area contributed by atoms with Gasteiger partial charge in [-0.25, -0.2) is 9.37 Å². The van der Waals surface area contributed by atoms with Crippen LogP contribution in [0.25, 0.3) is 0 Å². The zero-order valence-corrected chi connectivity index (χ0v) is 12.8. The molecule has 0 saturated carbocycles. The highest BCUT2D eigenvalue weighted by Crippen LogP contribution is 2.33. The van der Waals surface area contributed by atoms with Crippen LogP contribution in [-0.2, 0) is 4.74 Å². The van der Waals surface area contributed by atoms with Gasteiger partial charge in [-0.15, -0.1) is 0 Å². The number of hydrogen-bond donors (Lipinski definition) is 2. The Morgan fingerprint density at radius 1 is 1.50 bits per heavy atom. The van der Waals surface area contributed by atoms with Crippen molar-refractivity contribution in [2.45, 2.75) is 32.4 Å². The average molecular weight is 306 g/mol. The van der Waals surface area contributed by atoms with Crippen molar-refractivity contribution in [2.75, 3.05) is 13.7 Å². The van der Waals surface area contributed by atoms with Crippen LogP contribution in [0.2, 0.25) is 0 Å². The summed E-state index contributed by atoms with van der Waals surface area (Å²) in [6.07, 6.45) is 1.78. The minimum Gasteiger partial charge on any atom is -0.380 e. The van der Waals surface area contributed by atoms with Crippen LogP contribution >= 0.6 is 0 Å². The zero-order valence-electron chi connectivity index (χ0n) is 12.8. The fourth-order valence-corrected chi connectivity index (χ4v) is 2.83. The topological polar surface area (TPSA) is 74.0 Å². The molecule has 0 unspecified atom stereocenters. The summed E-state index contributed by atoms with van der Waals surface area (Å²) in [6, 6.07) is 1.01. The minimum absolute atomic E-state index is 0.0560. The molecular formula is C15H19FN4O2. The number of hydrogen-bond acceptors (Lipinski definition) is 3. The lowest BCUT2D eigenvalue weighted by molar-refractivity contribution is 0.0679. The fraction of sp³-hybridized carbons (Fsp3) is 0.467. The monoisotopic (exact) mass is 306 g/mol. The first-order valence-corrected chi connectivity index (χ1v) is 7.20. The largest absolute Gasteiger partial charge is 0.380 e. The molecule has 1 saturated heterocycles. The van der Waals surface area contributed by atoms with E-state index in [4.69, 9.17) is 4.74 Å². The van der Waals surface area contributed by atoms with E-state index >= 15 is 0 Å². The number of halogens is 1. The van der Waals surface area contributed by atoms with Gasteiger partial charge in [0.15, 0.2) is 0 Å². The number of imidazole rings is 1. The molecule has 0 aromatic carbocycles. The highest BCUT2D eigenvalue weighted by molar-refractivity contribution is 5.93. The molecule has 2 atom stereocenters. The predicted molar refractivity (Wildman–Crippen MR) is 78.0 cm³/mol. The van der Waals surface area contributed by atoms with E-state index in [1.54, 1.807) is 12.0 Å². The molecule has 3 heterocycles. The van der Waals surface area contributed by atoms with Crippen molar-refractivity contribution in [1.29, 1.82) is 0 Å². The van der Waals surface area contributed by atoms with E-state index in [9.17, 15) is 9.18 Å². The Kier molecular flexibility index (Phi) is 3.74. The second-order valence-corrected chi connectivity index (χ2v) is 5.63. The van der Waals surface area contributed by atoms with Crippen molar-refractivity contribution in [3.8, 4) is 0 Å². The number of aromatic amines is 2. The summed E-state index contributed by atoms with van der Waals surface area (Å²) < 4.78 is 18.6. The molecule has 2 N–H and O–H groups in total. The summed E-state index contributed by atoms with van der Waals surface area (Å²) >= 11 is 0. The van der Waals surface area contributed by atoms with Crippen LogP contribution < -0.4 is 0 Å². The summed E-state index contributed by atoms with van der Waals surface area (Å²) in [7, 11) is 1.63. The van der Waals surface area contributed by atoms with Gasteiger partial charge in [-0.3, -0.25) is 4.79 Å². The van der Waals surface area contributed by atoms with Gasteiger partial charge in [-0.2, -0.15) is 0 Å². The molecule has 1 amide bonds. The van der Waals surface area contributed by atoms with Gasteiger partial charge in [0, 0.05) is 38.0 Å². The average Bonchev–Trinajstić information content (AvgIpc) is 3.18. The molecular weight excluding hydrogens is 287 g/mol. The van der Waals surface area contributed by atoms with E-state index in [0.29, 0.717) is 13.0 Å². The molecule has 0 radical (unpaired) electrons. The molecule has 2 aromatic heterocycles. The van der Waals surface area contributed by atoms with Crippen LogP contribution in [0.15, 0.2) is 12.3 Å².